The van der Waals surface area contributed by atoms with E-state index in [1.54, 1.807) is 23.4 Å². The Morgan fingerprint density at radius 2 is 1.56 bits per heavy atom. The van der Waals surface area contributed by atoms with E-state index < -0.39 is 11.7 Å². The highest BCUT2D eigenvalue weighted by atomic mass is 16.6. The van der Waals surface area contributed by atoms with E-state index in [9.17, 15) is 14.4 Å². The molecule has 2 heterocycles. The van der Waals surface area contributed by atoms with E-state index in [4.69, 9.17) is 4.74 Å². The van der Waals surface area contributed by atoms with E-state index in [1.165, 1.54) is 20.2 Å². The van der Waals surface area contributed by atoms with Gasteiger partial charge in [-0.25, -0.2) is 14.8 Å². The summed E-state index contributed by atoms with van der Waals surface area (Å²) in [5, 5.41) is 0. The van der Waals surface area contributed by atoms with Gasteiger partial charge in [0.15, 0.2) is 11.6 Å². The number of benzene rings is 2. The lowest BCUT2D eigenvalue weighted by Crippen LogP contribution is -2.44. The third-order valence-electron chi connectivity index (χ3n) is 6.30. The number of aromatic nitrogens is 2. The van der Waals surface area contributed by atoms with Gasteiger partial charge < -0.3 is 9.64 Å². The second-order valence-electron chi connectivity index (χ2n) is 10.2. The average molecular weight is 486 g/mol. The van der Waals surface area contributed by atoms with Gasteiger partial charge in [-0.2, -0.15) is 0 Å². The van der Waals surface area contributed by atoms with Crippen LogP contribution in [0.2, 0.25) is 0 Å². The van der Waals surface area contributed by atoms with E-state index in [0.717, 1.165) is 27.8 Å². The van der Waals surface area contributed by atoms with Gasteiger partial charge in [-0.1, -0.05) is 24.3 Å². The van der Waals surface area contributed by atoms with Gasteiger partial charge in [0.25, 0.3) is 0 Å². The Bertz CT molecular complexity index is 1290. The zero-order valence-corrected chi connectivity index (χ0v) is 21.4. The highest BCUT2D eigenvalue weighted by Gasteiger charge is 2.35. The fraction of sp³-hybridized carbons (Fsp3) is 0.345. The zero-order valence-electron chi connectivity index (χ0n) is 21.4. The summed E-state index contributed by atoms with van der Waals surface area (Å²) >= 11 is 0. The van der Waals surface area contributed by atoms with E-state index in [1.807, 2.05) is 51.1 Å². The minimum atomic E-state index is -0.635. The van der Waals surface area contributed by atoms with Crippen LogP contribution in [0.4, 0.5) is 4.79 Å². The SMILES string of the molecule is CC(=O)c1cc2c(cc1C(C)=O)C(Cc1ccc(-c3cncnc3)cc1)N(C(=O)OC(C)(C)C)CC2. The van der Waals surface area contributed by atoms with Crippen molar-refractivity contribution in [2.24, 2.45) is 0 Å². The topological polar surface area (TPSA) is 89.5 Å². The van der Waals surface area contributed by atoms with Crippen molar-refractivity contribution < 1.29 is 19.1 Å². The molecule has 0 aliphatic carbocycles. The van der Waals surface area contributed by atoms with Crippen LogP contribution in [0.15, 0.2) is 55.1 Å². The zero-order chi connectivity index (χ0) is 26.0. The lowest BCUT2D eigenvalue weighted by molar-refractivity contribution is 0.0141. The van der Waals surface area contributed by atoms with Gasteiger partial charge in [0.1, 0.15) is 11.9 Å². The molecule has 0 N–H and O–H groups in total. The molecule has 186 valence electrons. The molecule has 0 spiro atoms. The third-order valence-corrected chi connectivity index (χ3v) is 6.30. The quantitative estimate of drug-likeness (QED) is 0.436. The fourth-order valence-corrected chi connectivity index (χ4v) is 4.60. The predicted molar refractivity (Wildman–Crippen MR) is 137 cm³/mol. The van der Waals surface area contributed by atoms with Crippen molar-refractivity contribution in [3.05, 3.63) is 82.9 Å². The molecule has 3 aromatic rings. The first-order valence-corrected chi connectivity index (χ1v) is 12.1. The number of ether oxygens (including phenoxy) is 1. The smallest absolute Gasteiger partial charge is 0.410 e. The van der Waals surface area contributed by atoms with Crippen LogP contribution in [0.25, 0.3) is 11.1 Å². The van der Waals surface area contributed by atoms with Crippen LogP contribution in [0, 0.1) is 0 Å². The Balaban J connectivity index is 1.74. The second-order valence-corrected chi connectivity index (χ2v) is 10.2. The van der Waals surface area contributed by atoms with E-state index in [2.05, 4.69) is 9.97 Å². The molecule has 0 saturated heterocycles. The van der Waals surface area contributed by atoms with Gasteiger partial charge in [-0.05, 0) is 81.8 Å². The van der Waals surface area contributed by atoms with Crippen LogP contribution >= 0.6 is 0 Å². The van der Waals surface area contributed by atoms with E-state index in [-0.39, 0.29) is 17.6 Å². The Morgan fingerprint density at radius 3 is 2.14 bits per heavy atom. The van der Waals surface area contributed by atoms with Gasteiger partial charge >= 0.3 is 6.09 Å². The summed E-state index contributed by atoms with van der Waals surface area (Å²) in [4.78, 5) is 47.8. The van der Waals surface area contributed by atoms with Crippen LogP contribution in [0.3, 0.4) is 0 Å². The molecular formula is C29H31N3O4. The molecule has 2 aromatic carbocycles. The Morgan fingerprint density at radius 1 is 0.944 bits per heavy atom. The molecule has 1 aliphatic heterocycles. The molecule has 1 aromatic heterocycles. The van der Waals surface area contributed by atoms with Crippen molar-refractivity contribution in [1.29, 1.82) is 0 Å². The lowest BCUT2D eigenvalue weighted by Gasteiger charge is -2.38. The lowest BCUT2D eigenvalue weighted by atomic mass is 9.84. The first-order chi connectivity index (χ1) is 17.0. The molecule has 1 aliphatic rings. The minimum absolute atomic E-state index is 0.144. The van der Waals surface area contributed by atoms with Crippen molar-refractivity contribution in [3.8, 4) is 11.1 Å². The molecule has 7 nitrogen and oxygen atoms in total. The Labute approximate surface area is 211 Å². The van der Waals surface area contributed by atoms with Gasteiger partial charge in [0.2, 0.25) is 0 Å². The molecule has 7 heteroatoms. The summed E-state index contributed by atoms with van der Waals surface area (Å²) in [6, 6.07) is 11.4. The van der Waals surface area contributed by atoms with Crippen LogP contribution in [0.1, 0.15) is 78.1 Å². The number of Topliss-reactive ketones (excluding diaryl/α,β-unsaturated/α-hetero) is 2. The number of ketones is 2. The second kappa shape index (κ2) is 10.0. The Kier molecular flexibility index (Phi) is 7.02. The summed E-state index contributed by atoms with van der Waals surface area (Å²) in [6.45, 7) is 8.93. The number of fused-ring (bicyclic) bond motifs is 1. The largest absolute Gasteiger partial charge is 0.444 e. The van der Waals surface area contributed by atoms with Crippen molar-refractivity contribution in [2.45, 2.75) is 59.1 Å². The molecule has 0 fully saturated rings. The van der Waals surface area contributed by atoms with E-state index in [0.29, 0.717) is 30.5 Å². The maximum absolute atomic E-state index is 13.2. The minimum Gasteiger partial charge on any atom is -0.444 e. The van der Waals surface area contributed by atoms with Crippen molar-refractivity contribution >= 4 is 17.7 Å². The maximum atomic E-state index is 13.2. The van der Waals surface area contributed by atoms with Crippen LogP contribution in [0.5, 0.6) is 0 Å². The number of hydrogen-bond acceptors (Lipinski definition) is 6. The van der Waals surface area contributed by atoms with Gasteiger partial charge in [0, 0.05) is 35.6 Å². The van der Waals surface area contributed by atoms with E-state index >= 15 is 0 Å². The van der Waals surface area contributed by atoms with Gasteiger partial charge in [0.05, 0.1) is 6.04 Å². The molecule has 1 atom stereocenters. The molecule has 1 amide bonds. The highest BCUT2D eigenvalue weighted by molar-refractivity contribution is 6.07. The molecule has 0 radical (unpaired) electrons. The molecule has 0 bridgehead atoms. The molecule has 0 saturated carbocycles. The first kappa shape index (κ1) is 25.2. The average Bonchev–Trinajstić information content (AvgIpc) is 2.83. The summed E-state index contributed by atoms with van der Waals surface area (Å²) in [7, 11) is 0. The van der Waals surface area contributed by atoms with Gasteiger partial charge in [-0.3, -0.25) is 9.59 Å². The monoisotopic (exact) mass is 485 g/mol. The summed E-state index contributed by atoms with van der Waals surface area (Å²) in [5.41, 5.74) is 4.99. The third kappa shape index (κ3) is 5.51. The standard InChI is InChI=1S/C29H31N3O4/c1-18(33)24-13-22-10-11-32(28(35)36-29(3,4)5)27(26(22)14-25(24)19(2)34)12-20-6-8-21(9-7-20)23-15-30-17-31-16-23/h6-9,13-17,27H,10-12H2,1-5H3. The summed E-state index contributed by atoms with van der Waals surface area (Å²) in [6.07, 6.45) is 5.75. The Hall–Kier alpha value is -3.87. The van der Waals surface area contributed by atoms with Crippen LogP contribution in [-0.2, 0) is 17.6 Å². The normalized spacial score (nSPS) is 15.2. The predicted octanol–water partition coefficient (Wildman–Crippen LogP) is 5.63. The molecule has 1 unspecified atom stereocenters. The molecule has 4 rings (SSSR count). The molecule has 36 heavy (non-hydrogen) atoms. The highest BCUT2D eigenvalue weighted by Crippen LogP contribution is 2.36. The number of rotatable bonds is 5. The summed E-state index contributed by atoms with van der Waals surface area (Å²) < 4.78 is 5.73. The van der Waals surface area contributed by atoms with Crippen LogP contribution < -0.4 is 0 Å². The van der Waals surface area contributed by atoms with Crippen molar-refractivity contribution in [2.75, 3.05) is 6.54 Å². The van der Waals surface area contributed by atoms with Crippen LogP contribution in [-0.4, -0.2) is 44.7 Å². The number of carbonyl (C=O) groups excluding carboxylic acids is 3. The number of hydrogen-bond donors (Lipinski definition) is 0. The first-order valence-electron chi connectivity index (χ1n) is 12.1. The maximum Gasteiger partial charge on any atom is 0.410 e. The number of amides is 1. The summed E-state index contributed by atoms with van der Waals surface area (Å²) in [5.74, 6) is -0.319. The van der Waals surface area contributed by atoms with Crippen molar-refractivity contribution in [1.82, 2.24) is 14.9 Å². The number of carbonyl (C=O) groups is 3. The van der Waals surface area contributed by atoms with Gasteiger partial charge in [-0.15, -0.1) is 0 Å². The molecular weight excluding hydrogens is 454 g/mol. The fourth-order valence-electron chi connectivity index (χ4n) is 4.60. The number of nitrogens with zero attached hydrogens (tertiary/aromatic N) is 3. The van der Waals surface area contributed by atoms with Crippen molar-refractivity contribution in [3.63, 3.8) is 0 Å².